The Morgan fingerprint density at radius 1 is 1.07 bits per heavy atom. The molecule has 0 unspecified atom stereocenters. The predicted molar refractivity (Wildman–Crippen MR) is 162 cm³/mol. The van der Waals surface area contributed by atoms with E-state index >= 15 is 0 Å². The van der Waals surface area contributed by atoms with Crippen molar-refractivity contribution in [3.05, 3.63) is 87.9 Å². The van der Waals surface area contributed by atoms with Gasteiger partial charge in [0.2, 0.25) is 5.91 Å². The molecule has 0 saturated carbocycles. The normalized spacial score (nSPS) is 16.2. The van der Waals surface area contributed by atoms with E-state index in [9.17, 15) is 14.9 Å². The SMILES string of the molecule is Cc1ncnc(N2CC[C@H]2c2nc3cccc(C#CCCCC(=O)N4CCOCC4)c3c(=O)n2-c2ccccc2)c1C#N. The number of hydrogen-bond acceptors (Lipinski definition) is 8. The van der Waals surface area contributed by atoms with Crippen molar-refractivity contribution in [2.75, 3.05) is 37.7 Å². The monoisotopic (exact) mass is 573 g/mol. The molecule has 2 aromatic carbocycles. The molecule has 10 heteroatoms. The minimum absolute atomic E-state index is 0.127. The van der Waals surface area contributed by atoms with Crippen LogP contribution in [0.4, 0.5) is 5.82 Å². The lowest BCUT2D eigenvalue weighted by Crippen LogP contribution is -2.45. The van der Waals surface area contributed by atoms with Gasteiger partial charge in [0.1, 0.15) is 23.8 Å². The number of carbonyl (C=O) groups excluding carboxylic acids is 1. The number of rotatable bonds is 6. The van der Waals surface area contributed by atoms with Gasteiger partial charge in [-0.2, -0.15) is 5.26 Å². The molecule has 1 amide bonds. The second-order valence-electron chi connectivity index (χ2n) is 10.6. The minimum Gasteiger partial charge on any atom is -0.378 e. The average Bonchev–Trinajstić information content (AvgIpc) is 3.01. The summed E-state index contributed by atoms with van der Waals surface area (Å²) in [6, 6.07) is 17.0. The lowest BCUT2D eigenvalue weighted by Gasteiger charge is -2.42. The lowest BCUT2D eigenvalue weighted by molar-refractivity contribution is -0.135. The number of para-hydroxylation sites is 1. The van der Waals surface area contributed by atoms with Crippen molar-refractivity contribution >= 4 is 22.6 Å². The molecule has 0 radical (unpaired) electrons. The van der Waals surface area contributed by atoms with Gasteiger partial charge in [0.15, 0.2) is 5.82 Å². The summed E-state index contributed by atoms with van der Waals surface area (Å²) in [5.74, 6) is 7.61. The number of aromatic nitrogens is 4. The van der Waals surface area contributed by atoms with Crippen LogP contribution in [-0.2, 0) is 9.53 Å². The fraction of sp³-hybridized carbons (Fsp3) is 0.333. The zero-order chi connectivity index (χ0) is 29.8. The molecule has 43 heavy (non-hydrogen) atoms. The zero-order valence-electron chi connectivity index (χ0n) is 24.0. The van der Waals surface area contributed by atoms with Crippen LogP contribution in [0.1, 0.15) is 54.4 Å². The predicted octanol–water partition coefficient (Wildman–Crippen LogP) is 3.69. The van der Waals surface area contributed by atoms with Gasteiger partial charge in [0.05, 0.1) is 41.5 Å². The fourth-order valence-corrected chi connectivity index (χ4v) is 5.58. The topological polar surface area (TPSA) is 117 Å². The molecule has 2 aromatic heterocycles. The van der Waals surface area contributed by atoms with Crippen molar-refractivity contribution < 1.29 is 9.53 Å². The van der Waals surface area contributed by atoms with Gasteiger partial charge in [-0.05, 0) is 44.0 Å². The summed E-state index contributed by atoms with van der Waals surface area (Å²) in [4.78, 5) is 44.2. The van der Waals surface area contributed by atoms with Gasteiger partial charge < -0.3 is 14.5 Å². The van der Waals surface area contributed by atoms with E-state index < -0.39 is 0 Å². The largest absolute Gasteiger partial charge is 0.378 e. The molecule has 2 aliphatic rings. The lowest BCUT2D eigenvalue weighted by atomic mass is 9.99. The van der Waals surface area contributed by atoms with Crippen LogP contribution in [0, 0.1) is 30.1 Å². The molecule has 216 valence electrons. The number of nitriles is 1. The maximum absolute atomic E-state index is 14.3. The van der Waals surface area contributed by atoms with E-state index in [1.54, 1.807) is 11.5 Å². The van der Waals surface area contributed by atoms with Gasteiger partial charge in [-0.25, -0.2) is 15.0 Å². The number of unbranched alkanes of at least 4 members (excludes halogenated alkanes) is 1. The number of aryl methyl sites for hydroxylation is 1. The molecule has 4 heterocycles. The molecule has 6 rings (SSSR count). The summed E-state index contributed by atoms with van der Waals surface area (Å²) < 4.78 is 6.98. The second kappa shape index (κ2) is 12.4. The first-order valence-electron chi connectivity index (χ1n) is 14.5. The summed E-state index contributed by atoms with van der Waals surface area (Å²) in [7, 11) is 0. The van der Waals surface area contributed by atoms with E-state index in [0.29, 0.717) is 97.2 Å². The van der Waals surface area contributed by atoms with Crippen LogP contribution >= 0.6 is 0 Å². The maximum Gasteiger partial charge on any atom is 0.267 e. The molecule has 10 nitrogen and oxygen atoms in total. The van der Waals surface area contributed by atoms with Gasteiger partial charge in [-0.15, -0.1) is 0 Å². The first-order valence-corrected chi connectivity index (χ1v) is 14.5. The molecule has 1 atom stereocenters. The first-order chi connectivity index (χ1) is 21.1. The average molecular weight is 574 g/mol. The number of hydrogen-bond donors (Lipinski definition) is 0. The van der Waals surface area contributed by atoms with Gasteiger partial charge in [-0.3, -0.25) is 14.2 Å². The van der Waals surface area contributed by atoms with Crippen molar-refractivity contribution in [1.82, 2.24) is 24.4 Å². The third-order valence-corrected chi connectivity index (χ3v) is 7.94. The van der Waals surface area contributed by atoms with Gasteiger partial charge >= 0.3 is 0 Å². The second-order valence-corrected chi connectivity index (χ2v) is 10.6. The number of ether oxygens (including phenoxy) is 1. The summed E-state index contributed by atoms with van der Waals surface area (Å²) in [5.41, 5.74) is 2.70. The van der Waals surface area contributed by atoms with E-state index in [-0.39, 0.29) is 17.5 Å². The van der Waals surface area contributed by atoms with E-state index in [2.05, 4.69) is 27.9 Å². The first kappa shape index (κ1) is 28.1. The third-order valence-electron chi connectivity index (χ3n) is 7.94. The highest BCUT2D eigenvalue weighted by atomic mass is 16.5. The molecular weight excluding hydrogens is 542 g/mol. The number of nitrogens with zero attached hydrogens (tertiary/aromatic N) is 7. The maximum atomic E-state index is 14.3. The van der Waals surface area contributed by atoms with E-state index in [4.69, 9.17) is 9.72 Å². The highest BCUT2D eigenvalue weighted by molar-refractivity contribution is 5.85. The van der Waals surface area contributed by atoms with Crippen molar-refractivity contribution in [2.24, 2.45) is 0 Å². The van der Waals surface area contributed by atoms with Crippen LogP contribution in [-0.4, -0.2) is 63.2 Å². The van der Waals surface area contributed by atoms with Crippen molar-refractivity contribution in [2.45, 2.75) is 38.6 Å². The third kappa shape index (κ3) is 5.57. The Morgan fingerprint density at radius 3 is 2.63 bits per heavy atom. The Kier molecular flexibility index (Phi) is 8.12. The summed E-state index contributed by atoms with van der Waals surface area (Å²) in [6.45, 7) is 4.92. The summed E-state index contributed by atoms with van der Waals surface area (Å²) in [5, 5.41) is 10.3. The van der Waals surface area contributed by atoms with Crippen LogP contribution in [0.5, 0.6) is 0 Å². The Balaban J connectivity index is 1.34. The van der Waals surface area contributed by atoms with Gasteiger partial charge in [0.25, 0.3) is 5.56 Å². The Bertz CT molecular complexity index is 1830. The molecular formula is C33H31N7O3. The van der Waals surface area contributed by atoms with Crippen molar-refractivity contribution in [3.63, 3.8) is 0 Å². The molecule has 0 bridgehead atoms. The molecule has 0 N–H and O–H groups in total. The van der Waals surface area contributed by atoms with E-state index in [1.807, 2.05) is 58.3 Å². The molecule has 2 saturated heterocycles. The molecule has 4 aromatic rings. The smallest absolute Gasteiger partial charge is 0.267 e. The number of anilines is 1. The molecule has 2 aliphatic heterocycles. The summed E-state index contributed by atoms with van der Waals surface area (Å²) in [6.07, 6.45) is 3.84. The highest BCUT2D eigenvalue weighted by Crippen LogP contribution is 2.38. The van der Waals surface area contributed by atoms with E-state index in [1.165, 1.54) is 6.33 Å². The molecule has 2 fully saturated rings. The van der Waals surface area contributed by atoms with E-state index in [0.717, 1.165) is 6.42 Å². The number of amides is 1. The van der Waals surface area contributed by atoms with Crippen molar-refractivity contribution in [3.8, 4) is 23.6 Å². The van der Waals surface area contributed by atoms with Crippen LogP contribution < -0.4 is 10.5 Å². The molecule has 0 aliphatic carbocycles. The number of fused-ring (bicyclic) bond motifs is 1. The standard InChI is InChI=1S/C33H31N7O3/c1-23-26(21-34)31(36-22-35-23)39-16-15-28(39)32-37-27-13-8-10-24(30(27)33(42)40(32)25-11-5-3-6-12-25)9-4-2-7-14-29(41)38-17-19-43-20-18-38/h3,5-6,8,10-13,22,28H,2,7,14-20H2,1H3/t28-/m0/s1. The quantitative estimate of drug-likeness (QED) is 0.253. The highest BCUT2D eigenvalue weighted by Gasteiger charge is 2.36. The Morgan fingerprint density at radius 2 is 1.88 bits per heavy atom. The minimum atomic E-state index is -0.252. The van der Waals surface area contributed by atoms with Crippen LogP contribution in [0.15, 0.2) is 59.7 Å². The Hall–Kier alpha value is -5.06. The fourth-order valence-electron chi connectivity index (χ4n) is 5.58. The van der Waals surface area contributed by atoms with Gasteiger partial charge in [-0.1, -0.05) is 36.1 Å². The zero-order valence-corrected chi connectivity index (χ0v) is 24.0. The molecule has 0 spiro atoms. The van der Waals surface area contributed by atoms with Gasteiger partial charge in [0, 0.05) is 38.0 Å². The van der Waals surface area contributed by atoms with Crippen molar-refractivity contribution in [1.29, 1.82) is 5.26 Å². The van der Waals surface area contributed by atoms with Crippen LogP contribution in [0.3, 0.4) is 0 Å². The number of benzene rings is 2. The number of carbonyl (C=O) groups is 1. The Labute approximate surface area is 249 Å². The van der Waals surface area contributed by atoms with Crippen LogP contribution in [0.25, 0.3) is 16.6 Å². The van der Waals surface area contributed by atoms with Crippen LogP contribution in [0.2, 0.25) is 0 Å². The summed E-state index contributed by atoms with van der Waals surface area (Å²) >= 11 is 0. The number of morpholine rings is 1.